The molecule has 0 atom stereocenters. The minimum atomic E-state index is -0.386. The van der Waals surface area contributed by atoms with Crippen molar-refractivity contribution in [3.8, 4) is 0 Å². The van der Waals surface area contributed by atoms with Gasteiger partial charge in [0, 0.05) is 32.7 Å². The largest absolute Gasteiger partial charge is 0.338 e. The van der Waals surface area contributed by atoms with Crippen LogP contribution in [0.5, 0.6) is 0 Å². The molecule has 0 bridgehead atoms. The second-order valence-corrected chi connectivity index (χ2v) is 8.17. The van der Waals surface area contributed by atoms with Gasteiger partial charge in [0.25, 0.3) is 11.8 Å². The van der Waals surface area contributed by atoms with E-state index in [0.717, 1.165) is 45.6 Å². The number of aromatic nitrogens is 2. The number of nitrogens with zero attached hydrogens (tertiary/aromatic N) is 5. The van der Waals surface area contributed by atoms with Crippen molar-refractivity contribution in [2.45, 2.75) is 17.9 Å². The average Bonchev–Trinajstić information content (AvgIpc) is 3.02. The van der Waals surface area contributed by atoms with Gasteiger partial charge in [0.15, 0.2) is 5.82 Å². The number of imide groups is 1. The first kappa shape index (κ1) is 23.4. The molecule has 0 radical (unpaired) electrons. The predicted octanol–water partition coefficient (Wildman–Crippen LogP) is 2.96. The van der Waals surface area contributed by atoms with Crippen LogP contribution in [-0.4, -0.2) is 77.1 Å². The van der Waals surface area contributed by atoms with E-state index in [1.165, 1.54) is 22.9 Å². The molecule has 1 fully saturated rings. The number of carbonyl (C=O) groups excluding carboxylic acids is 2. The molecule has 2 aliphatic heterocycles. The van der Waals surface area contributed by atoms with Crippen LogP contribution >= 0.6 is 24.2 Å². The molecule has 7 nitrogen and oxygen atoms in total. The number of anilines is 1. The van der Waals surface area contributed by atoms with E-state index in [-0.39, 0.29) is 30.0 Å². The molecule has 10 heteroatoms. The number of amides is 2. The van der Waals surface area contributed by atoms with Gasteiger partial charge < -0.3 is 4.90 Å². The molecule has 2 amide bonds. The van der Waals surface area contributed by atoms with Gasteiger partial charge in [0.2, 0.25) is 5.95 Å². The van der Waals surface area contributed by atoms with Crippen molar-refractivity contribution in [1.82, 2.24) is 19.8 Å². The van der Waals surface area contributed by atoms with E-state index in [4.69, 9.17) is 0 Å². The van der Waals surface area contributed by atoms with Crippen LogP contribution in [-0.2, 0) is 0 Å². The number of hydrogen-bond acceptors (Lipinski definition) is 7. The van der Waals surface area contributed by atoms with Crippen molar-refractivity contribution in [3.05, 3.63) is 47.4 Å². The first-order valence-electron chi connectivity index (χ1n) is 10.1. The van der Waals surface area contributed by atoms with Gasteiger partial charge >= 0.3 is 0 Å². The molecule has 2 aromatic rings. The summed E-state index contributed by atoms with van der Waals surface area (Å²) < 4.78 is 13.6. The number of carbonyl (C=O) groups is 2. The Kier molecular flexibility index (Phi) is 7.85. The summed E-state index contributed by atoms with van der Waals surface area (Å²) in [6, 6.07) is 6.99. The van der Waals surface area contributed by atoms with Crippen LogP contribution in [0.4, 0.5) is 10.3 Å². The number of halogens is 2. The van der Waals surface area contributed by atoms with Crippen LogP contribution in [0.25, 0.3) is 0 Å². The molecule has 0 N–H and O–H groups in total. The summed E-state index contributed by atoms with van der Waals surface area (Å²) in [5.74, 6) is -0.185. The molecule has 1 aromatic carbocycles. The molecule has 1 saturated heterocycles. The second kappa shape index (κ2) is 10.4. The van der Waals surface area contributed by atoms with Crippen molar-refractivity contribution >= 4 is 41.9 Å². The Balaban J connectivity index is 0.00000272. The van der Waals surface area contributed by atoms with Crippen LogP contribution in [0.1, 0.15) is 33.6 Å². The summed E-state index contributed by atoms with van der Waals surface area (Å²) in [5.41, 5.74) is 1.01. The zero-order valence-corrected chi connectivity index (χ0v) is 18.9. The zero-order chi connectivity index (χ0) is 21.1. The summed E-state index contributed by atoms with van der Waals surface area (Å²) in [7, 11) is 0. The van der Waals surface area contributed by atoms with Gasteiger partial charge in [0.05, 0.1) is 17.3 Å². The molecule has 31 heavy (non-hydrogen) atoms. The maximum absolute atomic E-state index is 13.6. The van der Waals surface area contributed by atoms with E-state index in [2.05, 4.69) is 19.8 Å². The molecular weight excluding hydrogens is 441 g/mol. The van der Waals surface area contributed by atoms with Crippen molar-refractivity contribution in [1.29, 1.82) is 0 Å². The molecular formula is C21H25ClFN5O2S. The highest BCUT2D eigenvalue weighted by Gasteiger charge is 2.34. The predicted molar refractivity (Wildman–Crippen MR) is 121 cm³/mol. The van der Waals surface area contributed by atoms with Crippen LogP contribution in [0.15, 0.2) is 35.5 Å². The van der Waals surface area contributed by atoms with E-state index < -0.39 is 0 Å². The maximum Gasteiger partial charge on any atom is 0.261 e. The Labute approximate surface area is 191 Å². The Morgan fingerprint density at radius 2 is 1.61 bits per heavy atom. The third-order valence-electron chi connectivity index (χ3n) is 5.53. The summed E-state index contributed by atoms with van der Waals surface area (Å²) in [4.78, 5) is 39.0. The molecule has 166 valence electrons. The SMILES string of the molecule is CSc1nc(N2CCN(CCCCN3C(=O)c4ccccc4C3=O)CC2)ncc1F.Cl. The van der Waals surface area contributed by atoms with Crippen molar-refractivity contribution in [3.63, 3.8) is 0 Å². The van der Waals surface area contributed by atoms with Gasteiger partial charge in [-0.25, -0.2) is 14.4 Å². The standard InChI is InChI=1S/C21H24FN5O2S.ClH/c1-30-18-17(22)14-23-21(24-18)26-12-10-25(11-13-26)8-4-5-9-27-19(28)15-6-2-3-7-16(15)20(27)29;/h2-3,6-7,14H,4-5,8-13H2,1H3;1H. The quantitative estimate of drug-likeness (QED) is 0.269. The lowest BCUT2D eigenvalue weighted by molar-refractivity contribution is 0.0650. The highest BCUT2D eigenvalue weighted by atomic mass is 35.5. The number of unbranched alkanes of at least 4 members (excludes halogenated alkanes) is 1. The minimum absolute atomic E-state index is 0. The molecule has 1 aromatic heterocycles. The highest BCUT2D eigenvalue weighted by molar-refractivity contribution is 7.98. The molecule has 0 aliphatic carbocycles. The van der Waals surface area contributed by atoms with E-state index >= 15 is 0 Å². The first-order valence-corrected chi connectivity index (χ1v) is 11.3. The third-order valence-corrected chi connectivity index (χ3v) is 6.20. The van der Waals surface area contributed by atoms with Gasteiger partial charge in [-0.3, -0.25) is 19.4 Å². The van der Waals surface area contributed by atoms with Gasteiger partial charge in [-0.05, 0) is 37.8 Å². The average molecular weight is 466 g/mol. The number of fused-ring (bicyclic) bond motifs is 1. The molecule has 2 aliphatic rings. The third kappa shape index (κ3) is 4.99. The molecule has 0 saturated carbocycles. The first-order chi connectivity index (χ1) is 14.6. The molecule has 0 spiro atoms. The van der Waals surface area contributed by atoms with Gasteiger partial charge in [-0.1, -0.05) is 12.1 Å². The summed E-state index contributed by atoms with van der Waals surface area (Å²) >= 11 is 1.28. The van der Waals surface area contributed by atoms with Crippen molar-refractivity contribution < 1.29 is 14.0 Å². The lowest BCUT2D eigenvalue weighted by Gasteiger charge is -2.34. The number of piperazine rings is 1. The smallest absolute Gasteiger partial charge is 0.261 e. The van der Waals surface area contributed by atoms with Crippen LogP contribution in [0, 0.1) is 5.82 Å². The van der Waals surface area contributed by atoms with Gasteiger partial charge in [-0.15, -0.1) is 24.2 Å². The van der Waals surface area contributed by atoms with Crippen LogP contribution in [0.2, 0.25) is 0 Å². The van der Waals surface area contributed by atoms with Crippen LogP contribution in [0.3, 0.4) is 0 Å². The summed E-state index contributed by atoms with van der Waals surface area (Å²) in [6.07, 6.45) is 4.73. The Morgan fingerprint density at radius 3 is 2.23 bits per heavy atom. The van der Waals surface area contributed by atoms with Crippen LogP contribution < -0.4 is 4.90 Å². The Morgan fingerprint density at radius 1 is 1.00 bits per heavy atom. The number of benzene rings is 1. The molecule has 3 heterocycles. The number of hydrogen-bond donors (Lipinski definition) is 0. The highest BCUT2D eigenvalue weighted by Crippen LogP contribution is 2.23. The van der Waals surface area contributed by atoms with Gasteiger partial charge in [-0.2, -0.15) is 0 Å². The fraction of sp³-hybridized carbons (Fsp3) is 0.429. The van der Waals surface area contributed by atoms with E-state index in [0.29, 0.717) is 28.6 Å². The number of thioether (sulfide) groups is 1. The zero-order valence-electron chi connectivity index (χ0n) is 17.3. The fourth-order valence-corrected chi connectivity index (χ4v) is 4.28. The summed E-state index contributed by atoms with van der Waals surface area (Å²) in [6.45, 7) is 4.70. The fourth-order valence-electron chi connectivity index (χ4n) is 3.86. The van der Waals surface area contributed by atoms with Crippen molar-refractivity contribution in [2.75, 3.05) is 50.4 Å². The topological polar surface area (TPSA) is 69.6 Å². The lowest BCUT2D eigenvalue weighted by atomic mass is 10.1. The minimum Gasteiger partial charge on any atom is -0.338 e. The second-order valence-electron chi connectivity index (χ2n) is 7.37. The van der Waals surface area contributed by atoms with E-state index in [1.807, 2.05) is 0 Å². The molecule has 4 rings (SSSR count). The number of rotatable bonds is 7. The lowest BCUT2D eigenvalue weighted by Crippen LogP contribution is -2.47. The monoisotopic (exact) mass is 465 g/mol. The van der Waals surface area contributed by atoms with E-state index in [1.54, 1.807) is 30.5 Å². The Bertz CT molecular complexity index is 920. The van der Waals surface area contributed by atoms with Crippen molar-refractivity contribution in [2.24, 2.45) is 0 Å². The summed E-state index contributed by atoms with van der Waals surface area (Å²) in [5, 5.41) is 0.371. The molecule has 0 unspecified atom stereocenters. The maximum atomic E-state index is 13.6. The Hall–Kier alpha value is -2.23. The normalized spacial score (nSPS) is 16.5. The van der Waals surface area contributed by atoms with Gasteiger partial charge in [0.1, 0.15) is 5.03 Å². The van der Waals surface area contributed by atoms with E-state index in [9.17, 15) is 14.0 Å².